The Morgan fingerprint density at radius 1 is 0.882 bits per heavy atom. The van der Waals surface area contributed by atoms with Crippen LogP contribution in [0.5, 0.6) is 0 Å². The predicted molar refractivity (Wildman–Crippen MR) is 125 cm³/mol. The standard InChI is InChI=1S/C27H24N2O5/c30-24-21-22(25(31)29(24)20-14-8-3-9-15-20)27(26(32)33,17-34-16-18-10-4-1-5-11-18)28-23(21)19-12-6-2-7-13-19/h1-15,21-23,28H,16-17H2,(H,32,33). The van der Waals surface area contributed by atoms with Crippen molar-refractivity contribution in [1.29, 1.82) is 0 Å². The van der Waals surface area contributed by atoms with Crippen LogP contribution in [0.25, 0.3) is 0 Å². The first kappa shape index (κ1) is 22.0. The van der Waals surface area contributed by atoms with E-state index >= 15 is 0 Å². The number of aliphatic carboxylic acids is 1. The summed E-state index contributed by atoms with van der Waals surface area (Å²) in [7, 11) is 0. The number of anilines is 1. The van der Waals surface area contributed by atoms with Crippen LogP contribution >= 0.6 is 0 Å². The largest absolute Gasteiger partial charge is 0.480 e. The molecule has 0 radical (unpaired) electrons. The van der Waals surface area contributed by atoms with Gasteiger partial charge in [-0.15, -0.1) is 0 Å². The Morgan fingerprint density at radius 2 is 1.47 bits per heavy atom. The molecular formula is C27H24N2O5. The van der Waals surface area contributed by atoms with E-state index < -0.39 is 41.2 Å². The van der Waals surface area contributed by atoms with Gasteiger partial charge in [0, 0.05) is 6.04 Å². The minimum atomic E-state index is -1.75. The Bertz CT molecular complexity index is 1200. The highest BCUT2D eigenvalue weighted by Gasteiger charge is 2.69. The van der Waals surface area contributed by atoms with Crippen LogP contribution in [0.3, 0.4) is 0 Å². The molecule has 0 saturated carbocycles. The monoisotopic (exact) mass is 456 g/mol. The third-order valence-corrected chi connectivity index (χ3v) is 6.65. The average Bonchev–Trinajstić information content (AvgIpc) is 3.35. The van der Waals surface area contributed by atoms with Crippen molar-refractivity contribution in [3.8, 4) is 0 Å². The van der Waals surface area contributed by atoms with Crippen LogP contribution < -0.4 is 10.2 Å². The summed E-state index contributed by atoms with van der Waals surface area (Å²) in [5.74, 6) is -4.14. The number of carbonyl (C=O) groups excluding carboxylic acids is 2. The Kier molecular flexibility index (Phi) is 5.73. The summed E-state index contributed by atoms with van der Waals surface area (Å²) in [6, 6.07) is 26.5. The number of para-hydroxylation sites is 1. The van der Waals surface area contributed by atoms with Gasteiger partial charge in [0.15, 0.2) is 5.54 Å². The van der Waals surface area contributed by atoms with Gasteiger partial charge in [-0.05, 0) is 23.3 Å². The molecule has 172 valence electrons. The van der Waals surface area contributed by atoms with E-state index in [4.69, 9.17) is 4.74 Å². The van der Waals surface area contributed by atoms with E-state index in [1.165, 1.54) is 0 Å². The van der Waals surface area contributed by atoms with Crippen LogP contribution in [0.2, 0.25) is 0 Å². The minimum Gasteiger partial charge on any atom is -0.480 e. The number of benzene rings is 3. The van der Waals surface area contributed by atoms with Crippen LogP contribution in [0.4, 0.5) is 5.69 Å². The number of hydrogen-bond donors (Lipinski definition) is 2. The number of carboxylic acid groups (broad SMARTS) is 1. The SMILES string of the molecule is O=C1C2C(c3ccccc3)NC(COCc3ccccc3)(C(=O)O)C2C(=O)N1c1ccccc1. The molecule has 2 aliphatic rings. The first-order valence-electron chi connectivity index (χ1n) is 11.1. The van der Waals surface area contributed by atoms with E-state index in [9.17, 15) is 19.5 Å². The van der Waals surface area contributed by atoms with Gasteiger partial charge in [-0.2, -0.15) is 0 Å². The Hall–Kier alpha value is -3.81. The van der Waals surface area contributed by atoms with Gasteiger partial charge in [-0.3, -0.25) is 19.7 Å². The summed E-state index contributed by atoms with van der Waals surface area (Å²) in [6.45, 7) is -0.0706. The third kappa shape index (κ3) is 3.59. The van der Waals surface area contributed by atoms with Crippen molar-refractivity contribution in [2.75, 3.05) is 11.5 Å². The number of rotatable bonds is 7. The van der Waals surface area contributed by atoms with Gasteiger partial charge < -0.3 is 9.84 Å². The molecule has 34 heavy (non-hydrogen) atoms. The van der Waals surface area contributed by atoms with Crippen LogP contribution in [0, 0.1) is 11.8 Å². The molecule has 2 aliphatic heterocycles. The molecule has 7 nitrogen and oxygen atoms in total. The first-order chi connectivity index (χ1) is 16.5. The van der Waals surface area contributed by atoms with E-state index in [2.05, 4.69) is 5.32 Å². The summed E-state index contributed by atoms with van der Waals surface area (Å²) < 4.78 is 5.86. The van der Waals surface area contributed by atoms with Crippen LogP contribution in [0.1, 0.15) is 17.2 Å². The second-order valence-corrected chi connectivity index (χ2v) is 8.64. The molecule has 2 N–H and O–H groups in total. The fraction of sp³-hybridized carbons (Fsp3) is 0.222. The third-order valence-electron chi connectivity index (χ3n) is 6.65. The number of imide groups is 1. The summed E-state index contributed by atoms with van der Waals surface area (Å²) in [5, 5.41) is 13.6. The predicted octanol–water partition coefficient (Wildman–Crippen LogP) is 3.18. The zero-order valence-electron chi connectivity index (χ0n) is 18.3. The molecular weight excluding hydrogens is 432 g/mol. The van der Waals surface area contributed by atoms with Gasteiger partial charge in [-0.1, -0.05) is 78.9 Å². The zero-order chi connectivity index (χ0) is 23.7. The summed E-state index contributed by atoms with van der Waals surface area (Å²) >= 11 is 0. The molecule has 0 aliphatic carbocycles. The molecule has 2 amide bonds. The van der Waals surface area contributed by atoms with Crippen molar-refractivity contribution in [2.45, 2.75) is 18.2 Å². The normalized spacial score (nSPS) is 26.0. The van der Waals surface area contributed by atoms with Crippen molar-refractivity contribution >= 4 is 23.5 Å². The number of ether oxygens (including phenoxy) is 1. The Morgan fingerprint density at radius 3 is 2.09 bits per heavy atom. The minimum absolute atomic E-state index is 0.190. The lowest BCUT2D eigenvalue weighted by Crippen LogP contribution is -2.59. The van der Waals surface area contributed by atoms with E-state index in [0.717, 1.165) is 16.0 Å². The molecule has 3 aromatic carbocycles. The fourth-order valence-electron chi connectivity index (χ4n) is 5.08. The average molecular weight is 456 g/mol. The summed E-state index contributed by atoms with van der Waals surface area (Å²) in [6.07, 6.45) is 0. The van der Waals surface area contributed by atoms with Crippen LogP contribution in [-0.4, -0.2) is 35.0 Å². The van der Waals surface area contributed by atoms with E-state index in [0.29, 0.717) is 5.69 Å². The molecule has 4 atom stereocenters. The molecule has 2 fully saturated rings. The van der Waals surface area contributed by atoms with E-state index in [1.807, 2.05) is 60.7 Å². The highest BCUT2D eigenvalue weighted by atomic mass is 16.5. The topological polar surface area (TPSA) is 95.9 Å². The lowest BCUT2D eigenvalue weighted by molar-refractivity contribution is -0.152. The number of fused-ring (bicyclic) bond motifs is 1. The second kappa shape index (κ2) is 8.85. The van der Waals surface area contributed by atoms with Crippen molar-refractivity contribution in [2.24, 2.45) is 11.8 Å². The second-order valence-electron chi connectivity index (χ2n) is 8.64. The van der Waals surface area contributed by atoms with E-state index in [-0.39, 0.29) is 13.2 Å². The quantitative estimate of drug-likeness (QED) is 0.530. The molecule has 3 aromatic rings. The number of nitrogens with one attached hydrogen (secondary N) is 1. The number of carboxylic acids is 1. The maximum atomic E-state index is 13.7. The Labute approximate surface area is 197 Å². The summed E-state index contributed by atoms with van der Waals surface area (Å²) in [4.78, 5) is 41.2. The highest BCUT2D eigenvalue weighted by Crippen LogP contribution is 2.50. The number of hydrogen-bond acceptors (Lipinski definition) is 5. The van der Waals surface area contributed by atoms with Crippen molar-refractivity contribution in [3.63, 3.8) is 0 Å². The molecule has 2 heterocycles. The Balaban J connectivity index is 1.54. The van der Waals surface area contributed by atoms with Crippen molar-refractivity contribution in [3.05, 3.63) is 102 Å². The first-order valence-corrected chi connectivity index (χ1v) is 11.1. The van der Waals surface area contributed by atoms with Crippen molar-refractivity contribution < 1.29 is 24.2 Å². The van der Waals surface area contributed by atoms with Gasteiger partial charge in [0.2, 0.25) is 11.8 Å². The number of carbonyl (C=O) groups is 3. The maximum absolute atomic E-state index is 13.7. The molecule has 7 heteroatoms. The number of nitrogens with zero attached hydrogens (tertiary/aromatic N) is 1. The van der Waals surface area contributed by atoms with Gasteiger partial charge in [0.1, 0.15) is 0 Å². The lowest BCUT2D eigenvalue weighted by atomic mass is 9.79. The smallest absolute Gasteiger partial charge is 0.327 e. The molecule has 5 rings (SSSR count). The number of amides is 2. The van der Waals surface area contributed by atoms with Gasteiger partial charge >= 0.3 is 5.97 Å². The van der Waals surface area contributed by atoms with Crippen LogP contribution in [0.15, 0.2) is 91.0 Å². The van der Waals surface area contributed by atoms with Gasteiger partial charge in [0.25, 0.3) is 0 Å². The molecule has 0 aromatic heterocycles. The molecule has 0 spiro atoms. The molecule has 4 unspecified atom stereocenters. The maximum Gasteiger partial charge on any atom is 0.327 e. The zero-order valence-corrected chi connectivity index (χ0v) is 18.3. The van der Waals surface area contributed by atoms with Gasteiger partial charge in [-0.25, -0.2) is 4.90 Å². The van der Waals surface area contributed by atoms with Crippen LogP contribution in [-0.2, 0) is 25.7 Å². The van der Waals surface area contributed by atoms with Gasteiger partial charge in [0.05, 0.1) is 30.7 Å². The molecule has 2 saturated heterocycles. The van der Waals surface area contributed by atoms with E-state index in [1.54, 1.807) is 30.3 Å². The lowest BCUT2D eigenvalue weighted by Gasteiger charge is -2.31. The molecule has 0 bridgehead atoms. The highest BCUT2D eigenvalue weighted by molar-refractivity contribution is 6.24. The van der Waals surface area contributed by atoms with Crippen molar-refractivity contribution in [1.82, 2.24) is 5.32 Å². The fourth-order valence-corrected chi connectivity index (χ4v) is 5.08. The summed E-state index contributed by atoms with van der Waals surface area (Å²) in [5.41, 5.74) is 0.316.